The van der Waals surface area contributed by atoms with Crippen LogP contribution in [0.25, 0.3) is 6.08 Å². The summed E-state index contributed by atoms with van der Waals surface area (Å²) in [7, 11) is 1.55. The highest BCUT2D eigenvalue weighted by Crippen LogP contribution is 2.31. The summed E-state index contributed by atoms with van der Waals surface area (Å²) in [6.07, 6.45) is 2.13. The number of methoxy groups -OCH3 is 1. The molecule has 3 amide bonds. The number of hydrogen-bond donors (Lipinski definition) is 3. The smallest absolute Gasteiger partial charge is 0.272 e. The zero-order valence-corrected chi connectivity index (χ0v) is 25.7. The Balaban J connectivity index is 1.51. The van der Waals surface area contributed by atoms with Gasteiger partial charge in [0, 0.05) is 21.2 Å². The Morgan fingerprint density at radius 1 is 0.884 bits per heavy atom. The average Bonchev–Trinajstić information content (AvgIpc) is 3.01. The molecule has 0 aliphatic rings. The molecular formula is C33H29Cl2N3O4S. The van der Waals surface area contributed by atoms with Gasteiger partial charge in [-0.15, -0.1) is 11.8 Å². The summed E-state index contributed by atoms with van der Waals surface area (Å²) in [5.74, 6) is -0.540. The molecule has 0 aromatic heterocycles. The fourth-order valence-corrected chi connectivity index (χ4v) is 5.45. The molecule has 1 unspecified atom stereocenters. The minimum absolute atomic E-state index is 0.0471. The number of amides is 3. The maximum Gasteiger partial charge on any atom is 0.272 e. The van der Waals surface area contributed by atoms with Gasteiger partial charge >= 0.3 is 0 Å². The number of thioether (sulfide) groups is 1. The fraction of sp³-hybridized carbons (Fsp3) is 0.121. The molecule has 0 radical (unpaired) electrons. The molecule has 0 aliphatic heterocycles. The Hall–Kier alpha value is -4.24. The van der Waals surface area contributed by atoms with Crippen LogP contribution in [0.3, 0.4) is 0 Å². The number of carbonyl (C=O) groups is 3. The van der Waals surface area contributed by atoms with Gasteiger partial charge in [-0.05, 0) is 78.7 Å². The number of rotatable bonds is 11. The fourth-order valence-electron chi connectivity index (χ4n) is 3.98. The molecule has 0 heterocycles. The van der Waals surface area contributed by atoms with Crippen LogP contribution in [-0.2, 0) is 9.59 Å². The third-order valence-electron chi connectivity index (χ3n) is 6.16. The zero-order valence-electron chi connectivity index (χ0n) is 23.4. The number of benzene rings is 4. The van der Waals surface area contributed by atoms with E-state index in [1.165, 1.54) is 11.8 Å². The van der Waals surface area contributed by atoms with Crippen molar-refractivity contribution < 1.29 is 19.1 Å². The quantitative estimate of drug-likeness (QED) is 0.115. The van der Waals surface area contributed by atoms with Crippen LogP contribution in [0.4, 0.5) is 11.4 Å². The lowest BCUT2D eigenvalue weighted by molar-refractivity contribution is -0.116. The number of anilines is 2. The van der Waals surface area contributed by atoms with E-state index in [1.54, 1.807) is 104 Å². The van der Waals surface area contributed by atoms with E-state index in [0.717, 1.165) is 4.90 Å². The highest BCUT2D eigenvalue weighted by Gasteiger charge is 2.20. The standard InChI is InChI=1S/C33H29Cl2N3O4S/c1-3-30(33(41)37-28-16-15-23(34)19-27(28)35)43-26-14-8-12-24(20-26)36-32(40)29(18-21-9-7-13-25(17-21)42-2)38-31(39)22-10-5-4-6-11-22/h4-20,30H,3H2,1-2H3,(H,36,40)(H,37,41)(H,38,39)/b29-18-. The third-order valence-corrected chi connectivity index (χ3v) is 8.06. The minimum Gasteiger partial charge on any atom is -0.497 e. The molecule has 0 aliphatic carbocycles. The average molecular weight is 635 g/mol. The lowest BCUT2D eigenvalue weighted by Gasteiger charge is -2.16. The van der Waals surface area contributed by atoms with Crippen LogP contribution in [0.5, 0.6) is 5.75 Å². The van der Waals surface area contributed by atoms with Crippen molar-refractivity contribution in [1.29, 1.82) is 0 Å². The van der Waals surface area contributed by atoms with Gasteiger partial charge in [-0.25, -0.2) is 0 Å². The first-order valence-electron chi connectivity index (χ1n) is 13.3. The van der Waals surface area contributed by atoms with E-state index in [9.17, 15) is 14.4 Å². The van der Waals surface area contributed by atoms with Crippen molar-refractivity contribution in [3.63, 3.8) is 0 Å². The van der Waals surface area contributed by atoms with Crippen molar-refractivity contribution in [2.75, 3.05) is 17.7 Å². The second-order valence-electron chi connectivity index (χ2n) is 9.26. The van der Waals surface area contributed by atoms with Gasteiger partial charge in [-0.3, -0.25) is 14.4 Å². The van der Waals surface area contributed by atoms with Gasteiger partial charge in [0.1, 0.15) is 11.4 Å². The first kappa shape index (κ1) is 31.7. The molecule has 220 valence electrons. The van der Waals surface area contributed by atoms with Crippen LogP contribution in [-0.4, -0.2) is 30.1 Å². The molecule has 0 spiro atoms. The molecule has 0 saturated heterocycles. The molecule has 10 heteroatoms. The van der Waals surface area contributed by atoms with Crippen molar-refractivity contribution in [3.05, 3.63) is 124 Å². The molecule has 43 heavy (non-hydrogen) atoms. The number of ether oxygens (including phenoxy) is 1. The van der Waals surface area contributed by atoms with Crippen molar-refractivity contribution in [3.8, 4) is 5.75 Å². The van der Waals surface area contributed by atoms with Gasteiger partial charge in [-0.1, -0.05) is 66.5 Å². The summed E-state index contributed by atoms with van der Waals surface area (Å²) in [4.78, 5) is 40.2. The van der Waals surface area contributed by atoms with E-state index in [1.807, 2.05) is 13.0 Å². The molecule has 4 rings (SSSR count). The van der Waals surface area contributed by atoms with Crippen LogP contribution in [0.2, 0.25) is 10.0 Å². The second kappa shape index (κ2) is 15.3. The van der Waals surface area contributed by atoms with Gasteiger partial charge in [-0.2, -0.15) is 0 Å². The lowest BCUT2D eigenvalue weighted by Crippen LogP contribution is -2.30. The maximum atomic E-state index is 13.5. The minimum atomic E-state index is -0.517. The summed E-state index contributed by atoms with van der Waals surface area (Å²) in [6, 6.07) is 27.8. The Labute approximate surface area is 264 Å². The van der Waals surface area contributed by atoms with Crippen LogP contribution >= 0.6 is 35.0 Å². The van der Waals surface area contributed by atoms with Crippen LogP contribution in [0.1, 0.15) is 29.3 Å². The lowest BCUT2D eigenvalue weighted by atomic mass is 10.1. The summed E-state index contributed by atoms with van der Waals surface area (Å²) in [6.45, 7) is 1.91. The summed E-state index contributed by atoms with van der Waals surface area (Å²) in [5, 5.41) is 8.86. The molecule has 0 saturated carbocycles. The largest absolute Gasteiger partial charge is 0.497 e. The van der Waals surface area contributed by atoms with Crippen LogP contribution < -0.4 is 20.7 Å². The number of carbonyl (C=O) groups excluding carboxylic acids is 3. The molecule has 0 fully saturated rings. The molecule has 4 aromatic rings. The first-order chi connectivity index (χ1) is 20.7. The zero-order chi connectivity index (χ0) is 30.8. The number of hydrogen-bond acceptors (Lipinski definition) is 5. The molecule has 1 atom stereocenters. The van der Waals surface area contributed by atoms with Crippen LogP contribution in [0.15, 0.2) is 108 Å². The summed E-state index contributed by atoms with van der Waals surface area (Å²) < 4.78 is 5.30. The highest BCUT2D eigenvalue weighted by molar-refractivity contribution is 8.00. The number of nitrogens with one attached hydrogen (secondary N) is 3. The van der Waals surface area contributed by atoms with Crippen LogP contribution in [0, 0.1) is 0 Å². The topological polar surface area (TPSA) is 96.5 Å². The Bertz CT molecular complexity index is 1650. The van der Waals surface area contributed by atoms with E-state index in [4.69, 9.17) is 27.9 Å². The highest BCUT2D eigenvalue weighted by atomic mass is 35.5. The van der Waals surface area contributed by atoms with Crippen molar-refractivity contribution >= 4 is 70.1 Å². The van der Waals surface area contributed by atoms with Gasteiger partial charge in [0.15, 0.2) is 0 Å². The third kappa shape index (κ3) is 9.12. The number of halogens is 2. The molecular weight excluding hydrogens is 605 g/mol. The predicted molar refractivity (Wildman–Crippen MR) is 175 cm³/mol. The van der Waals surface area contributed by atoms with Gasteiger partial charge in [0.2, 0.25) is 5.91 Å². The molecule has 4 aromatic carbocycles. The van der Waals surface area contributed by atoms with Gasteiger partial charge < -0.3 is 20.7 Å². The SMILES string of the molecule is CCC(Sc1cccc(NC(=O)/C(=C/c2cccc(OC)c2)NC(=O)c2ccccc2)c1)C(=O)Nc1ccc(Cl)cc1Cl. The second-order valence-corrected chi connectivity index (χ2v) is 11.4. The summed E-state index contributed by atoms with van der Waals surface area (Å²) in [5.41, 5.74) is 2.10. The van der Waals surface area contributed by atoms with E-state index < -0.39 is 17.1 Å². The Kier molecular flexibility index (Phi) is 11.3. The summed E-state index contributed by atoms with van der Waals surface area (Å²) >= 11 is 13.6. The molecule has 0 bridgehead atoms. The van der Waals surface area contributed by atoms with Gasteiger partial charge in [0.25, 0.3) is 11.8 Å². The molecule has 3 N–H and O–H groups in total. The van der Waals surface area contributed by atoms with E-state index in [0.29, 0.717) is 44.7 Å². The van der Waals surface area contributed by atoms with E-state index in [2.05, 4.69) is 16.0 Å². The van der Waals surface area contributed by atoms with E-state index in [-0.39, 0.29) is 11.6 Å². The normalized spacial score (nSPS) is 11.8. The Morgan fingerprint density at radius 2 is 1.65 bits per heavy atom. The predicted octanol–water partition coefficient (Wildman–Crippen LogP) is 7.92. The van der Waals surface area contributed by atoms with Gasteiger partial charge in [0.05, 0.1) is 23.1 Å². The van der Waals surface area contributed by atoms with E-state index >= 15 is 0 Å². The van der Waals surface area contributed by atoms with Crippen molar-refractivity contribution in [2.45, 2.75) is 23.5 Å². The monoisotopic (exact) mass is 633 g/mol. The molecule has 7 nitrogen and oxygen atoms in total. The van der Waals surface area contributed by atoms with Crippen molar-refractivity contribution in [2.24, 2.45) is 0 Å². The first-order valence-corrected chi connectivity index (χ1v) is 15.0. The Morgan fingerprint density at radius 3 is 2.37 bits per heavy atom. The van der Waals surface area contributed by atoms with Crippen molar-refractivity contribution in [1.82, 2.24) is 5.32 Å². The maximum absolute atomic E-state index is 13.5.